The third-order valence-corrected chi connectivity index (χ3v) is 5.58. The van der Waals surface area contributed by atoms with E-state index in [1.54, 1.807) is 28.5 Å². The molecular weight excluding hydrogens is 376 g/mol. The molecule has 1 aromatic carbocycles. The van der Waals surface area contributed by atoms with E-state index >= 15 is 0 Å². The van der Waals surface area contributed by atoms with Crippen LogP contribution in [0.15, 0.2) is 47.9 Å². The van der Waals surface area contributed by atoms with E-state index in [9.17, 15) is 14.4 Å². The lowest BCUT2D eigenvalue weighted by Crippen LogP contribution is -2.40. The van der Waals surface area contributed by atoms with E-state index in [2.05, 4.69) is 5.32 Å². The molecule has 2 heterocycles. The number of carbonyl (C=O) groups is 3. The summed E-state index contributed by atoms with van der Waals surface area (Å²) in [5, 5.41) is 4.56. The second kappa shape index (κ2) is 9.32. The van der Waals surface area contributed by atoms with E-state index in [1.807, 2.05) is 30.3 Å². The van der Waals surface area contributed by atoms with Gasteiger partial charge in [0.25, 0.3) is 0 Å². The fourth-order valence-corrected chi connectivity index (χ4v) is 3.86. The smallest absolute Gasteiger partial charge is 0.350 e. The van der Waals surface area contributed by atoms with Gasteiger partial charge in [-0.1, -0.05) is 30.3 Å². The number of hydrogen-bond acceptors (Lipinski definition) is 5. The maximum Gasteiger partial charge on any atom is 0.350 e. The summed E-state index contributed by atoms with van der Waals surface area (Å²) in [6.07, 6.45) is 4.55. The molecule has 1 aliphatic rings. The van der Waals surface area contributed by atoms with Gasteiger partial charge in [-0.3, -0.25) is 9.59 Å². The summed E-state index contributed by atoms with van der Waals surface area (Å²) in [6.45, 7) is 1.06. The van der Waals surface area contributed by atoms with Crippen LogP contribution in [0.5, 0.6) is 0 Å². The summed E-state index contributed by atoms with van der Waals surface area (Å²) in [5.41, 5.74) is 1.45. The zero-order valence-electron chi connectivity index (χ0n) is 15.6. The Morgan fingerprint density at radius 3 is 2.54 bits per heavy atom. The number of hydrogen-bond donors (Lipinski definition) is 1. The molecule has 1 aliphatic heterocycles. The SMILES string of the molecule is COC(=O)c1sccc1NC(=O)C1CCN(C(=O)/C=C/c2ccccc2)CC1. The minimum Gasteiger partial charge on any atom is -0.465 e. The lowest BCUT2D eigenvalue weighted by Gasteiger charge is -2.30. The first kappa shape index (κ1) is 19.8. The van der Waals surface area contributed by atoms with Gasteiger partial charge in [0.2, 0.25) is 11.8 Å². The highest BCUT2D eigenvalue weighted by atomic mass is 32.1. The van der Waals surface area contributed by atoms with Crippen molar-refractivity contribution >= 4 is 40.9 Å². The van der Waals surface area contributed by atoms with Crippen LogP contribution >= 0.6 is 11.3 Å². The normalized spacial score (nSPS) is 14.8. The topological polar surface area (TPSA) is 75.7 Å². The molecule has 0 spiro atoms. The van der Waals surface area contributed by atoms with Crippen LogP contribution in [0.1, 0.15) is 28.1 Å². The van der Waals surface area contributed by atoms with Crippen molar-refractivity contribution < 1.29 is 19.1 Å². The number of methoxy groups -OCH3 is 1. The first-order valence-electron chi connectivity index (χ1n) is 9.07. The minimum absolute atomic E-state index is 0.0477. The number of amides is 2. The van der Waals surface area contributed by atoms with E-state index in [4.69, 9.17) is 4.74 Å². The van der Waals surface area contributed by atoms with E-state index in [1.165, 1.54) is 18.4 Å². The maximum absolute atomic E-state index is 12.5. The Morgan fingerprint density at radius 2 is 1.86 bits per heavy atom. The number of benzene rings is 1. The van der Waals surface area contributed by atoms with E-state index in [0.29, 0.717) is 36.5 Å². The minimum atomic E-state index is -0.462. The quantitative estimate of drug-likeness (QED) is 0.618. The Balaban J connectivity index is 1.51. The Morgan fingerprint density at radius 1 is 1.14 bits per heavy atom. The average molecular weight is 398 g/mol. The molecule has 1 N–H and O–H groups in total. The molecular formula is C21H22N2O4S. The predicted octanol–water partition coefficient (Wildman–Crippen LogP) is 3.43. The van der Waals surface area contributed by atoms with Gasteiger partial charge in [0, 0.05) is 25.1 Å². The molecule has 0 aliphatic carbocycles. The second-order valence-corrected chi connectivity index (χ2v) is 7.40. The highest BCUT2D eigenvalue weighted by molar-refractivity contribution is 7.12. The summed E-state index contributed by atoms with van der Waals surface area (Å²) in [6, 6.07) is 11.3. The summed E-state index contributed by atoms with van der Waals surface area (Å²) in [7, 11) is 1.31. The van der Waals surface area contributed by atoms with Gasteiger partial charge in [-0.05, 0) is 35.9 Å². The molecule has 2 amide bonds. The summed E-state index contributed by atoms with van der Waals surface area (Å²) >= 11 is 1.23. The summed E-state index contributed by atoms with van der Waals surface area (Å²) < 4.78 is 4.73. The Bertz CT molecular complexity index is 868. The Hall–Kier alpha value is -2.93. The van der Waals surface area contributed by atoms with Crippen LogP contribution in [0.4, 0.5) is 5.69 Å². The molecule has 0 saturated carbocycles. The van der Waals surface area contributed by atoms with Crippen LogP contribution in [0.2, 0.25) is 0 Å². The monoisotopic (exact) mass is 398 g/mol. The van der Waals surface area contributed by atoms with Crippen molar-refractivity contribution in [3.05, 3.63) is 58.3 Å². The van der Waals surface area contributed by atoms with Crippen molar-refractivity contribution in [1.29, 1.82) is 0 Å². The number of esters is 1. The number of carbonyl (C=O) groups excluding carboxylic acids is 3. The van der Waals surface area contributed by atoms with Crippen molar-refractivity contribution in [2.45, 2.75) is 12.8 Å². The zero-order valence-corrected chi connectivity index (χ0v) is 16.4. The van der Waals surface area contributed by atoms with Crippen LogP contribution in [-0.4, -0.2) is 42.9 Å². The van der Waals surface area contributed by atoms with Gasteiger partial charge in [0.15, 0.2) is 0 Å². The standard InChI is InChI=1S/C21H22N2O4S/c1-27-21(26)19-17(11-14-28-19)22-20(25)16-9-12-23(13-10-16)18(24)8-7-15-5-3-2-4-6-15/h2-8,11,14,16H,9-10,12-13H2,1H3,(H,22,25)/b8-7+. The van der Waals surface area contributed by atoms with Crippen molar-refractivity contribution in [2.75, 3.05) is 25.5 Å². The highest BCUT2D eigenvalue weighted by Gasteiger charge is 2.27. The molecule has 0 bridgehead atoms. The fraction of sp³-hybridized carbons (Fsp3) is 0.286. The predicted molar refractivity (Wildman–Crippen MR) is 109 cm³/mol. The van der Waals surface area contributed by atoms with Crippen molar-refractivity contribution in [3.8, 4) is 0 Å². The number of anilines is 1. The molecule has 0 atom stereocenters. The van der Waals surface area contributed by atoms with Crippen molar-refractivity contribution in [1.82, 2.24) is 4.90 Å². The third-order valence-electron chi connectivity index (χ3n) is 4.69. The van der Waals surface area contributed by atoms with Gasteiger partial charge in [0.05, 0.1) is 12.8 Å². The summed E-state index contributed by atoms with van der Waals surface area (Å²) in [5.74, 6) is -0.826. The molecule has 146 valence electrons. The van der Waals surface area contributed by atoms with Gasteiger partial charge >= 0.3 is 5.97 Å². The fourth-order valence-electron chi connectivity index (χ4n) is 3.09. The van der Waals surface area contributed by atoms with Crippen molar-refractivity contribution in [3.63, 3.8) is 0 Å². The lowest BCUT2D eigenvalue weighted by molar-refractivity contribution is -0.130. The number of thiophene rings is 1. The van der Waals surface area contributed by atoms with Crippen molar-refractivity contribution in [2.24, 2.45) is 5.92 Å². The zero-order chi connectivity index (χ0) is 19.9. The molecule has 28 heavy (non-hydrogen) atoms. The van der Waals surface area contributed by atoms with Gasteiger partial charge in [0.1, 0.15) is 4.88 Å². The van der Waals surface area contributed by atoms with Crippen LogP contribution < -0.4 is 5.32 Å². The molecule has 0 unspecified atom stereocenters. The van der Waals surface area contributed by atoms with Crippen LogP contribution in [0.25, 0.3) is 6.08 Å². The Labute approximate surface area is 167 Å². The third kappa shape index (κ3) is 4.86. The number of piperidine rings is 1. The largest absolute Gasteiger partial charge is 0.465 e. The molecule has 1 aromatic heterocycles. The number of rotatable bonds is 5. The van der Waals surface area contributed by atoms with Gasteiger partial charge in [-0.25, -0.2) is 4.79 Å². The van der Waals surface area contributed by atoms with Gasteiger partial charge in [-0.2, -0.15) is 0 Å². The molecule has 6 nitrogen and oxygen atoms in total. The van der Waals surface area contributed by atoms with E-state index in [0.717, 1.165) is 5.56 Å². The molecule has 0 radical (unpaired) electrons. The maximum atomic E-state index is 12.5. The van der Waals surface area contributed by atoms with Gasteiger partial charge < -0.3 is 15.0 Å². The number of likely N-dealkylation sites (tertiary alicyclic amines) is 1. The first-order valence-corrected chi connectivity index (χ1v) is 9.95. The molecule has 1 fully saturated rings. The number of ether oxygens (including phenoxy) is 1. The van der Waals surface area contributed by atoms with Crippen LogP contribution in [0.3, 0.4) is 0 Å². The van der Waals surface area contributed by atoms with E-state index in [-0.39, 0.29) is 17.7 Å². The molecule has 2 aromatic rings. The molecule has 3 rings (SSSR count). The Kier molecular flexibility index (Phi) is 6.60. The average Bonchev–Trinajstić information content (AvgIpc) is 3.20. The first-order chi connectivity index (χ1) is 13.6. The van der Waals surface area contributed by atoms with Crippen LogP contribution in [0, 0.1) is 5.92 Å². The second-order valence-electron chi connectivity index (χ2n) is 6.49. The molecule has 7 heteroatoms. The molecule has 1 saturated heterocycles. The van der Waals surface area contributed by atoms with Gasteiger partial charge in [-0.15, -0.1) is 11.3 Å². The number of nitrogens with one attached hydrogen (secondary N) is 1. The summed E-state index contributed by atoms with van der Waals surface area (Å²) in [4.78, 5) is 38.7. The number of nitrogens with zero attached hydrogens (tertiary/aromatic N) is 1. The highest BCUT2D eigenvalue weighted by Crippen LogP contribution is 2.25. The van der Waals surface area contributed by atoms with Crippen LogP contribution in [-0.2, 0) is 14.3 Å². The lowest BCUT2D eigenvalue weighted by atomic mass is 9.95. The van der Waals surface area contributed by atoms with E-state index < -0.39 is 5.97 Å².